The summed E-state index contributed by atoms with van der Waals surface area (Å²) in [6.45, 7) is 2.07. The molecule has 0 aliphatic carbocycles. The van der Waals surface area contributed by atoms with E-state index in [1.165, 1.54) is 11.8 Å². The molecule has 0 saturated carbocycles. The molecule has 0 bridgehead atoms. The number of methoxy groups -OCH3 is 1. The average Bonchev–Trinajstić information content (AvgIpc) is 2.62. The molecule has 132 valence electrons. The number of hydrogen-bond acceptors (Lipinski definition) is 5. The van der Waals surface area contributed by atoms with Gasteiger partial charge in [0.25, 0.3) is 5.56 Å². The van der Waals surface area contributed by atoms with E-state index in [1.807, 2.05) is 31.3 Å². The molecule has 1 aliphatic rings. The van der Waals surface area contributed by atoms with Gasteiger partial charge in [0.1, 0.15) is 11.6 Å². The van der Waals surface area contributed by atoms with Crippen molar-refractivity contribution in [2.24, 2.45) is 7.05 Å². The monoisotopic (exact) mass is 359 g/mol. The van der Waals surface area contributed by atoms with E-state index in [-0.39, 0.29) is 23.8 Å². The number of thioether (sulfide) groups is 1. The number of hydrogen-bond donors (Lipinski definition) is 1. The van der Waals surface area contributed by atoms with E-state index < -0.39 is 0 Å². The van der Waals surface area contributed by atoms with Crippen molar-refractivity contribution in [1.82, 2.24) is 9.55 Å². The summed E-state index contributed by atoms with van der Waals surface area (Å²) in [6.07, 6.45) is 1.18. The fourth-order valence-electron chi connectivity index (χ4n) is 3.08. The van der Waals surface area contributed by atoms with Crippen LogP contribution in [0.5, 0.6) is 5.75 Å². The Morgan fingerprint density at radius 2 is 2.12 bits per heavy atom. The van der Waals surface area contributed by atoms with Crippen LogP contribution in [0.1, 0.15) is 36.8 Å². The Bertz CT molecular complexity index is 863. The molecular weight excluding hydrogens is 338 g/mol. The fraction of sp³-hybridized carbons (Fsp3) is 0.389. The van der Waals surface area contributed by atoms with Crippen molar-refractivity contribution in [3.05, 3.63) is 45.7 Å². The van der Waals surface area contributed by atoms with Gasteiger partial charge in [0, 0.05) is 30.7 Å². The number of nitrogens with zero attached hydrogens (tertiary/aromatic N) is 2. The third kappa shape index (κ3) is 3.28. The van der Waals surface area contributed by atoms with Crippen molar-refractivity contribution >= 4 is 23.5 Å². The van der Waals surface area contributed by atoms with E-state index >= 15 is 0 Å². The summed E-state index contributed by atoms with van der Waals surface area (Å²) >= 11 is 1.52. The molecule has 7 heteroatoms. The van der Waals surface area contributed by atoms with E-state index in [1.54, 1.807) is 11.7 Å². The van der Waals surface area contributed by atoms with Crippen LogP contribution in [0.25, 0.3) is 0 Å². The summed E-state index contributed by atoms with van der Waals surface area (Å²) in [5.41, 5.74) is 1.06. The molecule has 1 aliphatic heterocycles. The van der Waals surface area contributed by atoms with Gasteiger partial charge in [-0.3, -0.25) is 9.59 Å². The Kier molecular flexibility index (Phi) is 5.13. The van der Waals surface area contributed by atoms with Crippen molar-refractivity contribution in [2.75, 3.05) is 18.2 Å². The number of nitrogens with one attached hydrogen (secondary N) is 1. The molecule has 1 amide bonds. The van der Waals surface area contributed by atoms with Crippen LogP contribution >= 0.6 is 11.8 Å². The number of amides is 1. The van der Waals surface area contributed by atoms with Crippen LogP contribution in [-0.2, 0) is 11.8 Å². The minimum Gasteiger partial charge on any atom is -0.496 e. The molecule has 1 N–H and O–H groups in total. The van der Waals surface area contributed by atoms with Crippen LogP contribution in [0.2, 0.25) is 0 Å². The predicted molar refractivity (Wildman–Crippen MR) is 98.6 cm³/mol. The minimum atomic E-state index is -0.365. The first-order chi connectivity index (χ1) is 12.1. The summed E-state index contributed by atoms with van der Waals surface area (Å²) < 4.78 is 7.23. The molecule has 0 saturated heterocycles. The first-order valence-electron chi connectivity index (χ1n) is 8.23. The predicted octanol–water partition coefficient (Wildman–Crippen LogP) is 2.77. The van der Waals surface area contributed by atoms with Gasteiger partial charge in [0.15, 0.2) is 5.16 Å². The number of para-hydroxylation sites is 1. The van der Waals surface area contributed by atoms with E-state index in [9.17, 15) is 9.59 Å². The largest absolute Gasteiger partial charge is 0.496 e. The molecule has 1 atom stereocenters. The van der Waals surface area contributed by atoms with Crippen molar-refractivity contribution < 1.29 is 9.53 Å². The van der Waals surface area contributed by atoms with Crippen molar-refractivity contribution in [3.8, 4) is 5.75 Å². The second-order valence-electron chi connectivity index (χ2n) is 5.92. The zero-order valence-corrected chi connectivity index (χ0v) is 15.4. The van der Waals surface area contributed by atoms with E-state index in [0.717, 1.165) is 17.7 Å². The van der Waals surface area contributed by atoms with Gasteiger partial charge in [-0.15, -0.1) is 0 Å². The van der Waals surface area contributed by atoms with Gasteiger partial charge < -0.3 is 14.6 Å². The Labute approximate surface area is 150 Å². The number of benzene rings is 1. The third-order valence-electron chi connectivity index (χ3n) is 4.25. The number of anilines is 1. The maximum atomic E-state index is 12.8. The van der Waals surface area contributed by atoms with Crippen LogP contribution in [0.15, 0.2) is 34.2 Å². The SMILES string of the molecule is CCCSc1nc(=O)c2c(n1C)NC(=O)CC2c1ccccc1OC. The highest BCUT2D eigenvalue weighted by Crippen LogP contribution is 2.39. The Morgan fingerprint density at radius 1 is 1.36 bits per heavy atom. The topological polar surface area (TPSA) is 73.2 Å². The summed E-state index contributed by atoms with van der Waals surface area (Å²) in [7, 11) is 3.41. The summed E-state index contributed by atoms with van der Waals surface area (Å²) in [6, 6.07) is 7.48. The first-order valence-corrected chi connectivity index (χ1v) is 9.21. The molecule has 1 aromatic heterocycles. The zero-order valence-electron chi connectivity index (χ0n) is 14.5. The molecule has 0 radical (unpaired) electrons. The standard InChI is InChI=1S/C18H21N3O3S/c1-4-9-25-18-20-17(23)15-12(10-14(22)19-16(15)21(18)2)11-7-5-6-8-13(11)24-3/h5-8,12H,4,9-10H2,1-3H3,(H,19,22). The summed E-state index contributed by atoms with van der Waals surface area (Å²) in [5.74, 6) is 1.58. The van der Waals surface area contributed by atoms with Crippen LogP contribution in [0, 0.1) is 0 Å². The van der Waals surface area contributed by atoms with Gasteiger partial charge in [0.2, 0.25) is 5.91 Å². The molecular formula is C18H21N3O3S. The Balaban J connectivity index is 2.17. The number of fused-ring (bicyclic) bond motifs is 1. The van der Waals surface area contributed by atoms with Crippen LogP contribution in [-0.4, -0.2) is 28.3 Å². The van der Waals surface area contributed by atoms with E-state index in [0.29, 0.717) is 22.3 Å². The van der Waals surface area contributed by atoms with Crippen molar-refractivity contribution in [2.45, 2.75) is 30.8 Å². The maximum Gasteiger partial charge on any atom is 0.279 e. The lowest BCUT2D eigenvalue weighted by atomic mass is 9.86. The van der Waals surface area contributed by atoms with Gasteiger partial charge in [-0.05, 0) is 12.5 Å². The molecule has 3 rings (SSSR count). The van der Waals surface area contributed by atoms with Gasteiger partial charge in [-0.1, -0.05) is 36.9 Å². The number of aromatic nitrogens is 2. The second-order valence-corrected chi connectivity index (χ2v) is 6.98. The first kappa shape index (κ1) is 17.5. The maximum absolute atomic E-state index is 12.8. The molecule has 25 heavy (non-hydrogen) atoms. The Morgan fingerprint density at radius 3 is 2.84 bits per heavy atom. The highest BCUT2D eigenvalue weighted by Gasteiger charge is 2.33. The smallest absolute Gasteiger partial charge is 0.279 e. The number of carbonyl (C=O) groups is 1. The Hall–Kier alpha value is -2.28. The van der Waals surface area contributed by atoms with Crippen molar-refractivity contribution in [1.29, 1.82) is 0 Å². The number of carbonyl (C=O) groups excluding carboxylic acids is 1. The number of rotatable bonds is 5. The van der Waals surface area contributed by atoms with Crippen molar-refractivity contribution in [3.63, 3.8) is 0 Å². The fourth-order valence-corrected chi connectivity index (χ4v) is 3.90. The van der Waals surface area contributed by atoms with Crippen LogP contribution < -0.4 is 15.6 Å². The molecule has 0 fully saturated rings. The van der Waals surface area contributed by atoms with Gasteiger partial charge in [-0.25, -0.2) is 0 Å². The molecule has 0 spiro atoms. The van der Waals surface area contributed by atoms with Gasteiger partial charge >= 0.3 is 0 Å². The van der Waals surface area contributed by atoms with Gasteiger partial charge in [-0.2, -0.15) is 4.98 Å². The summed E-state index contributed by atoms with van der Waals surface area (Å²) in [4.78, 5) is 29.3. The summed E-state index contributed by atoms with van der Waals surface area (Å²) in [5, 5.41) is 3.47. The van der Waals surface area contributed by atoms with E-state index in [2.05, 4.69) is 17.2 Å². The average molecular weight is 359 g/mol. The van der Waals surface area contributed by atoms with Crippen LogP contribution in [0.4, 0.5) is 5.82 Å². The minimum absolute atomic E-state index is 0.115. The molecule has 2 heterocycles. The van der Waals surface area contributed by atoms with Crippen LogP contribution in [0.3, 0.4) is 0 Å². The highest BCUT2D eigenvalue weighted by molar-refractivity contribution is 7.99. The molecule has 6 nitrogen and oxygen atoms in total. The third-order valence-corrected chi connectivity index (χ3v) is 5.49. The lowest BCUT2D eigenvalue weighted by Gasteiger charge is -2.28. The molecule has 2 aromatic rings. The lowest BCUT2D eigenvalue weighted by Crippen LogP contribution is -2.33. The molecule has 1 aromatic carbocycles. The number of ether oxygens (including phenoxy) is 1. The normalized spacial score (nSPS) is 16.3. The highest BCUT2D eigenvalue weighted by atomic mass is 32.2. The van der Waals surface area contributed by atoms with E-state index in [4.69, 9.17) is 4.74 Å². The molecule has 1 unspecified atom stereocenters. The van der Waals surface area contributed by atoms with Gasteiger partial charge in [0.05, 0.1) is 12.7 Å². The second kappa shape index (κ2) is 7.31. The lowest BCUT2D eigenvalue weighted by molar-refractivity contribution is -0.116. The zero-order chi connectivity index (χ0) is 18.0. The quantitative estimate of drug-likeness (QED) is 0.656.